The van der Waals surface area contributed by atoms with E-state index in [1.165, 1.54) is 6.20 Å². The Hall–Kier alpha value is -2.44. The maximum atomic E-state index is 12.7. The molecule has 1 unspecified atom stereocenters. The van der Waals surface area contributed by atoms with Crippen LogP contribution in [0.1, 0.15) is 40.0 Å². The van der Waals surface area contributed by atoms with Crippen molar-refractivity contribution in [3.05, 3.63) is 63.2 Å². The van der Waals surface area contributed by atoms with Crippen molar-refractivity contribution in [1.82, 2.24) is 14.9 Å². The van der Waals surface area contributed by atoms with E-state index < -0.39 is 0 Å². The third-order valence-corrected chi connectivity index (χ3v) is 4.90. The monoisotopic (exact) mass is 389 g/mol. The smallest absolute Gasteiger partial charge is 0.255 e. The van der Waals surface area contributed by atoms with Gasteiger partial charge in [-0.1, -0.05) is 23.2 Å². The van der Waals surface area contributed by atoms with Gasteiger partial charge < -0.3 is 15.6 Å². The van der Waals surface area contributed by atoms with E-state index in [2.05, 4.69) is 15.3 Å². The summed E-state index contributed by atoms with van der Waals surface area (Å²) in [6, 6.07) is 3.51. The predicted molar refractivity (Wildman–Crippen MR) is 103 cm³/mol. The van der Waals surface area contributed by atoms with E-state index in [4.69, 9.17) is 28.6 Å². The minimum atomic E-state index is -0.160. The third-order valence-electron chi connectivity index (χ3n) is 4.36. The van der Waals surface area contributed by atoms with E-state index >= 15 is 0 Å². The van der Waals surface area contributed by atoms with E-state index in [1.54, 1.807) is 23.4 Å². The Labute approximate surface area is 161 Å². The number of carbonyl (C=O) groups excluding carboxylic acids is 1. The van der Waals surface area contributed by atoms with Crippen molar-refractivity contribution >= 4 is 41.1 Å². The highest BCUT2D eigenvalue weighted by atomic mass is 35.5. The molecule has 3 heterocycles. The van der Waals surface area contributed by atoms with E-state index in [0.717, 1.165) is 22.9 Å². The highest BCUT2D eigenvalue weighted by Crippen LogP contribution is 2.34. The second-order valence-corrected chi connectivity index (χ2v) is 6.78. The number of nitrogens with zero attached hydrogens (tertiary/aromatic N) is 3. The molecular weight excluding hydrogens is 373 g/mol. The van der Waals surface area contributed by atoms with Crippen molar-refractivity contribution < 1.29 is 4.79 Å². The first-order valence-electron chi connectivity index (χ1n) is 7.96. The number of halogens is 2. The summed E-state index contributed by atoms with van der Waals surface area (Å²) in [5.41, 5.74) is 3.19. The van der Waals surface area contributed by atoms with Gasteiger partial charge in [0.1, 0.15) is 11.0 Å². The first kappa shape index (κ1) is 18.4. The van der Waals surface area contributed by atoms with Crippen LogP contribution < -0.4 is 5.32 Å². The molecular formula is C18H17Cl2N5O. The standard InChI is InChI=1S/C18H17Cl2N5O/c1-10-5-12(7-23-17(10)24-8-13(19)6-21)11(2)25-9-15-14(18(25)26)3-4-22-16(15)20/h3-8,11,21H,9H2,1-2H3,(H,23,24)/b13-8+,21-6?. The summed E-state index contributed by atoms with van der Waals surface area (Å²) in [4.78, 5) is 22.9. The zero-order valence-corrected chi connectivity index (χ0v) is 15.8. The van der Waals surface area contributed by atoms with Crippen LogP contribution in [0.3, 0.4) is 0 Å². The molecule has 0 radical (unpaired) electrons. The van der Waals surface area contributed by atoms with E-state index in [1.807, 2.05) is 19.9 Å². The molecule has 1 atom stereocenters. The predicted octanol–water partition coefficient (Wildman–Crippen LogP) is 4.30. The fourth-order valence-corrected chi connectivity index (χ4v) is 3.13. The van der Waals surface area contributed by atoms with Crippen molar-refractivity contribution in [2.75, 3.05) is 5.32 Å². The zero-order chi connectivity index (χ0) is 18.8. The van der Waals surface area contributed by atoms with Gasteiger partial charge in [0.25, 0.3) is 5.91 Å². The Morgan fingerprint density at radius 3 is 2.88 bits per heavy atom. The Morgan fingerprint density at radius 2 is 2.23 bits per heavy atom. The Bertz CT molecular complexity index is 912. The second kappa shape index (κ2) is 7.43. The van der Waals surface area contributed by atoms with Crippen molar-refractivity contribution in [1.29, 1.82) is 5.41 Å². The van der Waals surface area contributed by atoms with Crippen LogP contribution in [0.5, 0.6) is 0 Å². The number of pyridine rings is 2. The van der Waals surface area contributed by atoms with Gasteiger partial charge in [0.05, 0.1) is 17.6 Å². The summed E-state index contributed by atoms with van der Waals surface area (Å²) in [5, 5.41) is 10.7. The molecule has 26 heavy (non-hydrogen) atoms. The van der Waals surface area contributed by atoms with Gasteiger partial charge in [-0.05, 0) is 37.1 Å². The number of allylic oxidation sites excluding steroid dienone is 1. The lowest BCUT2D eigenvalue weighted by Gasteiger charge is -2.25. The number of carbonyl (C=O) groups is 1. The average Bonchev–Trinajstić information content (AvgIpc) is 2.98. The molecule has 0 aliphatic carbocycles. The number of aryl methyl sites for hydroxylation is 1. The molecule has 2 aromatic heterocycles. The van der Waals surface area contributed by atoms with Gasteiger partial charge in [0, 0.05) is 35.9 Å². The number of amides is 1. The average molecular weight is 390 g/mol. The molecule has 134 valence electrons. The van der Waals surface area contributed by atoms with Gasteiger partial charge in [0.2, 0.25) is 0 Å². The lowest BCUT2D eigenvalue weighted by atomic mass is 10.1. The quantitative estimate of drug-likeness (QED) is 0.589. The molecule has 0 bridgehead atoms. The van der Waals surface area contributed by atoms with Crippen molar-refractivity contribution in [2.24, 2.45) is 0 Å². The summed E-state index contributed by atoms with van der Waals surface area (Å²) in [7, 11) is 0. The highest BCUT2D eigenvalue weighted by molar-refractivity contribution is 6.39. The number of nitrogens with one attached hydrogen (secondary N) is 2. The molecule has 0 saturated carbocycles. The summed E-state index contributed by atoms with van der Waals surface area (Å²) in [6.45, 7) is 4.30. The Kier molecular flexibility index (Phi) is 5.25. The molecule has 8 heteroatoms. The van der Waals surface area contributed by atoms with Crippen molar-refractivity contribution in [2.45, 2.75) is 26.4 Å². The SMILES string of the molecule is Cc1cc(C(C)N2Cc3c(ccnc3Cl)C2=O)cnc1N/C=C(/Cl)C=N. The van der Waals surface area contributed by atoms with Crippen LogP contribution in [-0.2, 0) is 6.54 Å². The topological polar surface area (TPSA) is 82.0 Å². The summed E-state index contributed by atoms with van der Waals surface area (Å²) in [5.74, 6) is 0.585. The van der Waals surface area contributed by atoms with Crippen molar-refractivity contribution in [3.8, 4) is 0 Å². The number of hydrogen-bond acceptors (Lipinski definition) is 5. The van der Waals surface area contributed by atoms with E-state index in [-0.39, 0.29) is 17.0 Å². The minimum Gasteiger partial charge on any atom is -0.345 e. The molecule has 0 aromatic carbocycles. The van der Waals surface area contributed by atoms with Crippen LogP contribution in [0.2, 0.25) is 5.15 Å². The molecule has 0 saturated heterocycles. The minimum absolute atomic E-state index is 0.0580. The third kappa shape index (κ3) is 3.43. The van der Waals surface area contributed by atoms with Gasteiger partial charge >= 0.3 is 0 Å². The van der Waals surface area contributed by atoms with E-state index in [0.29, 0.717) is 23.1 Å². The molecule has 0 spiro atoms. The summed E-state index contributed by atoms with van der Waals surface area (Å²) in [6.07, 6.45) is 5.81. The number of fused-ring (bicyclic) bond motifs is 1. The highest BCUT2D eigenvalue weighted by Gasteiger charge is 2.33. The molecule has 2 aromatic rings. The van der Waals surface area contributed by atoms with E-state index in [9.17, 15) is 4.79 Å². The second-order valence-electron chi connectivity index (χ2n) is 5.99. The molecule has 1 amide bonds. The number of hydrogen-bond donors (Lipinski definition) is 2. The Morgan fingerprint density at radius 1 is 1.46 bits per heavy atom. The molecule has 3 rings (SSSR count). The van der Waals surface area contributed by atoms with Crippen LogP contribution in [0, 0.1) is 12.3 Å². The van der Waals surface area contributed by atoms with Crippen molar-refractivity contribution in [3.63, 3.8) is 0 Å². The van der Waals surface area contributed by atoms with Gasteiger partial charge in [0.15, 0.2) is 0 Å². The summed E-state index contributed by atoms with van der Waals surface area (Å²) >= 11 is 11.9. The fourth-order valence-electron chi connectivity index (χ4n) is 2.86. The lowest BCUT2D eigenvalue weighted by Crippen LogP contribution is -2.27. The van der Waals surface area contributed by atoms with Gasteiger partial charge in [-0.25, -0.2) is 9.97 Å². The molecule has 1 aliphatic heterocycles. The largest absolute Gasteiger partial charge is 0.345 e. The Balaban J connectivity index is 1.82. The first-order valence-corrected chi connectivity index (χ1v) is 8.71. The van der Waals surface area contributed by atoms with Gasteiger partial charge in [-0.3, -0.25) is 4.79 Å². The van der Waals surface area contributed by atoms with Crippen LogP contribution in [0.15, 0.2) is 35.8 Å². The van der Waals surface area contributed by atoms with Crippen LogP contribution >= 0.6 is 23.2 Å². The summed E-state index contributed by atoms with van der Waals surface area (Å²) < 4.78 is 0. The number of rotatable bonds is 5. The molecule has 6 nitrogen and oxygen atoms in total. The zero-order valence-electron chi connectivity index (χ0n) is 14.3. The lowest BCUT2D eigenvalue weighted by molar-refractivity contribution is 0.0715. The van der Waals surface area contributed by atoms with Gasteiger partial charge in [-0.2, -0.15) is 0 Å². The maximum absolute atomic E-state index is 12.7. The molecule has 0 fully saturated rings. The molecule has 1 aliphatic rings. The number of aromatic nitrogens is 2. The van der Waals surface area contributed by atoms with Crippen LogP contribution in [-0.4, -0.2) is 27.0 Å². The number of anilines is 1. The fraction of sp³-hybridized carbons (Fsp3) is 0.222. The van der Waals surface area contributed by atoms with Crippen LogP contribution in [0.25, 0.3) is 0 Å². The normalized spacial score (nSPS) is 15.0. The first-order chi connectivity index (χ1) is 12.4. The maximum Gasteiger partial charge on any atom is 0.255 e. The van der Waals surface area contributed by atoms with Gasteiger partial charge in [-0.15, -0.1) is 0 Å². The van der Waals surface area contributed by atoms with Crippen LogP contribution in [0.4, 0.5) is 5.82 Å². The molecule has 2 N–H and O–H groups in total.